The number of carbonyl (C=O) groups excluding carboxylic acids is 1. The van der Waals surface area contributed by atoms with Crippen molar-refractivity contribution in [3.8, 4) is 0 Å². The van der Waals surface area contributed by atoms with Crippen molar-refractivity contribution in [3.05, 3.63) is 35.5 Å². The van der Waals surface area contributed by atoms with Gasteiger partial charge in [-0.15, -0.1) is 0 Å². The highest BCUT2D eigenvalue weighted by Gasteiger charge is 2.61. The number of fused-ring (bicyclic) bond motifs is 2. The molecule has 40 heavy (non-hydrogen) atoms. The Balaban J connectivity index is 1.07. The van der Waals surface area contributed by atoms with Crippen LogP contribution in [0.3, 0.4) is 0 Å². The molecule has 0 radical (unpaired) electrons. The Morgan fingerprint density at radius 2 is 1.75 bits per heavy atom. The number of anilines is 3. The summed E-state index contributed by atoms with van der Waals surface area (Å²) in [5.74, 6) is 1.41. The van der Waals surface area contributed by atoms with E-state index in [2.05, 4.69) is 29.0 Å². The fraction of sp³-hybridized carbons (Fsp3) is 0.645. The molecule has 2 spiro atoms. The Morgan fingerprint density at radius 3 is 2.38 bits per heavy atom. The lowest BCUT2D eigenvalue weighted by molar-refractivity contribution is -0.120. The van der Waals surface area contributed by atoms with Crippen molar-refractivity contribution >= 4 is 33.2 Å². The number of aromatic nitrogens is 2. The number of hydrogen-bond donors (Lipinski definition) is 1. The van der Waals surface area contributed by atoms with E-state index in [0.717, 1.165) is 99.9 Å². The molecule has 4 fully saturated rings. The van der Waals surface area contributed by atoms with Gasteiger partial charge in [-0.3, -0.25) is 9.69 Å². The lowest BCUT2D eigenvalue weighted by Crippen LogP contribution is -2.52. The minimum Gasteiger partial charge on any atom is -0.324 e. The van der Waals surface area contributed by atoms with Crippen LogP contribution in [0.5, 0.6) is 0 Å². The van der Waals surface area contributed by atoms with Crippen molar-refractivity contribution in [3.63, 3.8) is 0 Å². The van der Waals surface area contributed by atoms with Gasteiger partial charge in [-0.2, -0.15) is 4.98 Å². The summed E-state index contributed by atoms with van der Waals surface area (Å²) >= 11 is 0. The fourth-order valence-corrected chi connectivity index (χ4v) is 9.95. The topological polar surface area (TPSA) is 95.5 Å². The first kappa shape index (κ1) is 26.4. The summed E-state index contributed by atoms with van der Waals surface area (Å²) < 4.78 is 27.1. The average Bonchev–Trinajstić information content (AvgIpc) is 3.47. The van der Waals surface area contributed by atoms with E-state index in [1.807, 2.05) is 24.1 Å². The second-order valence-electron chi connectivity index (χ2n) is 13.4. The number of benzene rings is 1. The Hall–Kier alpha value is -2.52. The summed E-state index contributed by atoms with van der Waals surface area (Å²) in [4.78, 5) is 27.7. The van der Waals surface area contributed by atoms with Crippen molar-refractivity contribution in [2.45, 2.75) is 113 Å². The molecular weight excluding hydrogens is 522 g/mol. The third-order valence-electron chi connectivity index (χ3n) is 10.7. The molecule has 1 N–H and O–H groups in total. The predicted molar refractivity (Wildman–Crippen MR) is 156 cm³/mol. The van der Waals surface area contributed by atoms with Crippen LogP contribution < -0.4 is 10.2 Å². The normalized spacial score (nSPS) is 24.2. The first-order chi connectivity index (χ1) is 19.1. The van der Waals surface area contributed by atoms with Crippen LogP contribution in [-0.4, -0.2) is 59.6 Å². The molecular formula is C31H41N5O3S. The number of carbonyl (C=O) groups is 1. The number of sulfone groups is 1. The molecule has 2 aliphatic heterocycles. The van der Waals surface area contributed by atoms with E-state index >= 15 is 0 Å². The van der Waals surface area contributed by atoms with Gasteiger partial charge in [0, 0.05) is 29.5 Å². The van der Waals surface area contributed by atoms with Crippen molar-refractivity contribution < 1.29 is 13.2 Å². The van der Waals surface area contributed by atoms with Crippen LogP contribution in [0.25, 0.3) is 0 Å². The van der Waals surface area contributed by atoms with Gasteiger partial charge in [-0.25, -0.2) is 13.4 Å². The number of nitrogens with one attached hydrogen (secondary N) is 1. The molecule has 8 nitrogen and oxygen atoms in total. The zero-order chi connectivity index (χ0) is 27.9. The van der Waals surface area contributed by atoms with Crippen LogP contribution in [0.1, 0.15) is 89.2 Å². The van der Waals surface area contributed by atoms with E-state index in [1.165, 1.54) is 0 Å². The molecule has 1 amide bonds. The molecule has 7 rings (SSSR count). The minimum absolute atomic E-state index is 0.204. The molecule has 1 aromatic carbocycles. The molecule has 3 aliphatic carbocycles. The Morgan fingerprint density at radius 1 is 1.05 bits per heavy atom. The highest BCUT2D eigenvalue weighted by atomic mass is 32.2. The van der Waals surface area contributed by atoms with E-state index in [-0.39, 0.29) is 22.6 Å². The summed E-state index contributed by atoms with van der Waals surface area (Å²) in [5, 5.41) is 3.02. The molecule has 0 bridgehead atoms. The highest BCUT2D eigenvalue weighted by Crippen LogP contribution is 2.58. The molecule has 0 atom stereocenters. The maximum absolute atomic E-state index is 13.5. The summed E-state index contributed by atoms with van der Waals surface area (Å²) in [6.07, 6.45) is 11.7. The molecule has 1 saturated heterocycles. The van der Waals surface area contributed by atoms with Crippen LogP contribution in [0, 0.1) is 12.3 Å². The predicted octanol–water partition coefficient (Wildman–Crippen LogP) is 5.28. The summed E-state index contributed by atoms with van der Waals surface area (Å²) in [7, 11) is -3.37. The van der Waals surface area contributed by atoms with E-state index in [0.29, 0.717) is 16.9 Å². The minimum atomic E-state index is -3.37. The zero-order valence-electron chi connectivity index (χ0n) is 23.9. The van der Waals surface area contributed by atoms with E-state index in [9.17, 15) is 13.2 Å². The van der Waals surface area contributed by atoms with Crippen molar-refractivity contribution in [1.82, 2.24) is 14.9 Å². The Kier molecular flexibility index (Phi) is 6.10. The summed E-state index contributed by atoms with van der Waals surface area (Å²) in [6.45, 7) is 8.54. The monoisotopic (exact) mass is 563 g/mol. The fourth-order valence-electron chi connectivity index (χ4n) is 7.82. The Labute approximate surface area is 237 Å². The number of piperidine rings is 1. The second-order valence-corrected chi connectivity index (χ2v) is 15.7. The first-order valence-electron chi connectivity index (χ1n) is 15.2. The SMILES string of the molecule is Cc1cc(S(=O)(=O)C2CC3(CCN(C(C)C)CC3)C2)ccc1Nc1ncc2c(n1)N(C1CCCC1)C(=O)C21CC1. The van der Waals surface area contributed by atoms with Gasteiger partial charge in [-0.1, -0.05) is 12.8 Å². The first-order valence-corrected chi connectivity index (χ1v) is 16.7. The standard InChI is InChI=1S/C31H41N5O3S/c1-20(2)35-14-12-30(13-15-35)17-24(18-30)40(38,39)23-8-9-26(21(3)16-23)33-29-32-19-25-27(34-29)36(22-6-4-5-7-22)28(37)31(25)10-11-31/h8-9,16,19-20,22,24H,4-7,10-15,17-18H2,1-3H3,(H,32,33,34). The smallest absolute Gasteiger partial charge is 0.239 e. The van der Waals surface area contributed by atoms with Crippen LogP contribution in [0.2, 0.25) is 0 Å². The second kappa shape index (κ2) is 9.24. The number of likely N-dealkylation sites (tertiary alicyclic amines) is 1. The maximum Gasteiger partial charge on any atom is 0.239 e. The summed E-state index contributed by atoms with van der Waals surface area (Å²) in [5.41, 5.74) is 2.40. The van der Waals surface area contributed by atoms with Crippen LogP contribution in [0.15, 0.2) is 29.3 Å². The molecule has 2 aromatic rings. The van der Waals surface area contributed by atoms with Gasteiger partial charge in [0.05, 0.1) is 15.6 Å². The van der Waals surface area contributed by atoms with Gasteiger partial charge in [0.15, 0.2) is 9.84 Å². The highest BCUT2D eigenvalue weighted by molar-refractivity contribution is 7.92. The van der Waals surface area contributed by atoms with E-state index in [1.54, 1.807) is 12.1 Å². The number of hydrogen-bond acceptors (Lipinski definition) is 7. The molecule has 3 heterocycles. The summed E-state index contributed by atoms with van der Waals surface area (Å²) in [6, 6.07) is 6.12. The van der Waals surface area contributed by atoms with Crippen LogP contribution in [0.4, 0.5) is 17.5 Å². The van der Waals surface area contributed by atoms with Gasteiger partial charge >= 0.3 is 0 Å². The van der Waals surface area contributed by atoms with Gasteiger partial charge in [0.25, 0.3) is 0 Å². The molecule has 1 aromatic heterocycles. The molecule has 0 unspecified atom stereocenters. The zero-order valence-corrected chi connectivity index (χ0v) is 24.8. The average molecular weight is 564 g/mol. The third-order valence-corrected chi connectivity index (χ3v) is 12.8. The van der Waals surface area contributed by atoms with E-state index in [4.69, 9.17) is 4.98 Å². The van der Waals surface area contributed by atoms with Gasteiger partial charge in [0.1, 0.15) is 5.82 Å². The van der Waals surface area contributed by atoms with Crippen molar-refractivity contribution in [2.75, 3.05) is 23.3 Å². The van der Waals surface area contributed by atoms with Crippen LogP contribution in [-0.2, 0) is 20.0 Å². The molecule has 9 heteroatoms. The maximum atomic E-state index is 13.5. The molecule has 214 valence electrons. The quantitative estimate of drug-likeness (QED) is 0.511. The number of amides is 1. The largest absolute Gasteiger partial charge is 0.324 e. The van der Waals surface area contributed by atoms with Gasteiger partial charge < -0.3 is 10.2 Å². The van der Waals surface area contributed by atoms with Gasteiger partial charge in [0.2, 0.25) is 11.9 Å². The van der Waals surface area contributed by atoms with Crippen molar-refractivity contribution in [2.24, 2.45) is 5.41 Å². The Bertz CT molecular complexity index is 1450. The molecule has 5 aliphatic rings. The lowest BCUT2D eigenvalue weighted by Gasteiger charge is -2.52. The van der Waals surface area contributed by atoms with Crippen molar-refractivity contribution in [1.29, 1.82) is 0 Å². The number of rotatable bonds is 6. The molecule has 3 saturated carbocycles. The number of aryl methyl sites for hydroxylation is 1. The number of nitrogens with zero attached hydrogens (tertiary/aromatic N) is 4. The lowest BCUT2D eigenvalue weighted by atomic mass is 9.63. The third kappa shape index (κ3) is 4.10. The van der Waals surface area contributed by atoms with Crippen LogP contribution >= 0.6 is 0 Å². The van der Waals surface area contributed by atoms with Gasteiger partial charge in [-0.05, 0) is 114 Å². The van der Waals surface area contributed by atoms with E-state index < -0.39 is 15.3 Å².